The predicted octanol–water partition coefficient (Wildman–Crippen LogP) is 1.57. The highest BCUT2D eigenvalue weighted by Crippen LogP contribution is 2.48. The molecule has 1 aliphatic heterocycles. The maximum Gasteiger partial charge on any atom is 0.224 e. The van der Waals surface area contributed by atoms with Crippen LogP contribution in [0.4, 0.5) is 0 Å². The molecule has 23 heavy (non-hydrogen) atoms. The van der Waals surface area contributed by atoms with Gasteiger partial charge in [-0.15, -0.1) is 0 Å². The average Bonchev–Trinajstić information content (AvgIpc) is 3.37. The number of amides is 1. The van der Waals surface area contributed by atoms with Gasteiger partial charge >= 0.3 is 0 Å². The second kappa shape index (κ2) is 6.97. The minimum absolute atomic E-state index is 0.0531. The second-order valence-electron chi connectivity index (χ2n) is 7.19. The molecule has 1 aromatic heterocycles. The van der Waals surface area contributed by atoms with Crippen LogP contribution in [0.1, 0.15) is 38.2 Å². The molecule has 0 bridgehead atoms. The third-order valence-corrected chi connectivity index (χ3v) is 5.49. The van der Waals surface area contributed by atoms with Gasteiger partial charge in [-0.1, -0.05) is 6.07 Å². The van der Waals surface area contributed by atoms with Gasteiger partial charge in [-0.3, -0.25) is 14.7 Å². The fraction of sp³-hybridized carbons (Fsp3) is 0.667. The van der Waals surface area contributed by atoms with Crippen molar-refractivity contribution in [1.29, 1.82) is 0 Å². The SMILES string of the molecule is CC(NC(=O)C1CCCN(Cc2cccnc2)C1)C1(CO)CC1. The number of nitrogens with one attached hydrogen (secondary N) is 1. The number of aromatic nitrogens is 1. The summed E-state index contributed by atoms with van der Waals surface area (Å²) in [6.07, 6.45) is 7.72. The normalized spacial score (nSPS) is 24.9. The molecule has 126 valence electrons. The Morgan fingerprint density at radius 3 is 3.04 bits per heavy atom. The molecule has 0 aromatic carbocycles. The maximum absolute atomic E-state index is 12.6. The minimum Gasteiger partial charge on any atom is -0.396 e. The molecule has 1 amide bonds. The number of hydrogen-bond donors (Lipinski definition) is 2. The number of pyridine rings is 1. The van der Waals surface area contributed by atoms with Crippen molar-refractivity contribution >= 4 is 5.91 Å². The standard InChI is InChI=1S/C18H27N3O2/c1-14(18(13-22)6-7-18)20-17(23)16-5-3-9-21(12-16)11-15-4-2-8-19-10-15/h2,4,8,10,14,16,22H,3,5-7,9,11-13H2,1H3,(H,20,23). The van der Waals surface area contributed by atoms with E-state index in [1.165, 1.54) is 5.56 Å². The summed E-state index contributed by atoms with van der Waals surface area (Å²) in [6, 6.07) is 4.10. The van der Waals surface area contributed by atoms with Crippen LogP contribution in [0.5, 0.6) is 0 Å². The Bertz CT molecular complexity index is 530. The van der Waals surface area contributed by atoms with E-state index in [1.807, 2.05) is 19.2 Å². The van der Waals surface area contributed by atoms with Crippen LogP contribution in [0, 0.1) is 11.3 Å². The number of likely N-dealkylation sites (tertiary alicyclic amines) is 1. The van der Waals surface area contributed by atoms with Gasteiger partial charge < -0.3 is 10.4 Å². The van der Waals surface area contributed by atoms with Crippen LogP contribution < -0.4 is 5.32 Å². The fourth-order valence-corrected chi connectivity index (χ4v) is 3.54. The van der Waals surface area contributed by atoms with Gasteiger partial charge in [-0.25, -0.2) is 0 Å². The van der Waals surface area contributed by atoms with Crippen LogP contribution in [0.3, 0.4) is 0 Å². The molecule has 2 heterocycles. The predicted molar refractivity (Wildman–Crippen MR) is 88.6 cm³/mol. The van der Waals surface area contributed by atoms with Crippen molar-refractivity contribution in [2.45, 2.75) is 45.2 Å². The lowest BCUT2D eigenvalue weighted by Gasteiger charge is -2.33. The number of nitrogens with zero attached hydrogens (tertiary/aromatic N) is 2. The van der Waals surface area contributed by atoms with Gasteiger partial charge in [0.1, 0.15) is 0 Å². The Hall–Kier alpha value is -1.46. The van der Waals surface area contributed by atoms with E-state index >= 15 is 0 Å². The summed E-state index contributed by atoms with van der Waals surface area (Å²) in [6.45, 7) is 4.89. The summed E-state index contributed by atoms with van der Waals surface area (Å²) < 4.78 is 0. The number of carbonyl (C=O) groups excluding carboxylic acids is 1. The van der Waals surface area contributed by atoms with Gasteiger partial charge in [0, 0.05) is 36.9 Å². The molecule has 5 heteroatoms. The molecular formula is C18H27N3O2. The van der Waals surface area contributed by atoms with Crippen LogP contribution in [-0.4, -0.2) is 46.6 Å². The van der Waals surface area contributed by atoms with Crippen molar-refractivity contribution in [3.8, 4) is 0 Å². The average molecular weight is 317 g/mol. The van der Waals surface area contributed by atoms with E-state index in [0.717, 1.165) is 45.3 Å². The third kappa shape index (κ3) is 3.90. The number of carbonyl (C=O) groups is 1. The highest BCUT2D eigenvalue weighted by molar-refractivity contribution is 5.79. The van der Waals surface area contributed by atoms with Crippen molar-refractivity contribution in [1.82, 2.24) is 15.2 Å². The van der Waals surface area contributed by atoms with Crippen molar-refractivity contribution < 1.29 is 9.90 Å². The summed E-state index contributed by atoms with van der Waals surface area (Å²) in [5, 5.41) is 12.6. The summed E-state index contributed by atoms with van der Waals surface area (Å²) in [5.41, 5.74) is 1.14. The Kier molecular flexibility index (Phi) is 4.97. The Balaban J connectivity index is 1.52. The first-order valence-electron chi connectivity index (χ1n) is 8.65. The summed E-state index contributed by atoms with van der Waals surface area (Å²) >= 11 is 0. The minimum atomic E-state index is -0.0558. The van der Waals surface area contributed by atoms with Crippen molar-refractivity contribution in [2.75, 3.05) is 19.7 Å². The molecular weight excluding hydrogens is 290 g/mol. The van der Waals surface area contributed by atoms with E-state index in [1.54, 1.807) is 6.20 Å². The molecule has 2 unspecified atom stereocenters. The lowest BCUT2D eigenvalue weighted by molar-refractivity contribution is -0.128. The number of hydrogen-bond acceptors (Lipinski definition) is 4. The lowest BCUT2D eigenvalue weighted by atomic mass is 9.94. The van der Waals surface area contributed by atoms with Crippen LogP contribution in [0.15, 0.2) is 24.5 Å². The zero-order chi connectivity index (χ0) is 16.3. The van der Waals surface area contributed by atoms with Crippen molar-refractivity contribution in [2.24, 2.45) is 11.3 Å². The molecule has 5 nitrogen and oxygen atoms in total. The molecule has 1 aliphatic carbocycles. The van der Waals surface area contributed by atoms with E-state index in [4.69, 9.17) is 0 Å². The molecule has 0 spiro atoms. The first-order chi connectivity index (χ1) is 11.1. The molecule has 1 saturated heterocycles. The summed E-state index contributed by atoms with van der Waals surface area (Å²) in [5.74, 6) is 0.200. The molecule has 2 N–H and O–H groups in total. The van der Waals surface area contributed by atoms with E-state index in [9.17, 15) is 9.90 Å². The molecule has 3 rings (SSSR count). The lowest BCUT2D eigenvalue weighted by Crippen LogP contribution is -2.48. The van der Waals surface area contributed by atoms with Gasteiger partial charge in [-0.05, 0) is 50.8 Å². The third-order valence-electron chi connectivity index (χ3n) is 5.49. The summed E-state index contributed by atoms with van der Waals surface area (Å²) in [7, 11) is 0. The van der Waals surface area contributed by atoms with Crippen LogP contribution in [0.25, 0.3) is 0 Å². The van der Waals surface area contributed by atoms with E-state index in [0.29, 0.717) is 0 Å². The zero-order valence-electron chi connectivity index (χ0n) is 13.9. The van der Waals surface area contributed by atoms with Crippen molar-refractivity contribution in [3.63, 3.8) is 0 Å². The number of rotatable bonds is 6. The van der Waals surface area contributed by atoms with Gasteiger partial charge in [-0.2, -0.15) is 0 Å². The van der Waals surface area contributed by atoms with E-state index < -0.39 is 0 Å². The Morgan fingerprint density at radius 2 is 2.39 bits per heavy atom. The van der Waals surface area contributed by atoms with E-state index in [-0.39, 0.29) is 29.9 Å². The highest BCUT2D eigenvalue weighted by atomic mass is 16.3. The van der Waals surface area contributed by atoms with Gasteiger partial charge in [0.25, 0.3) is 0 Å². The monoisotopic (exact) mass is 317 g/mol. The van der Waals surface area contributed by atoms with Crippen LogP contribution in [-0.2, 0) is 11.3 Å². The molecule has 1 saturated carbocycles. The first kappa shape index (κ1) is 16.4. The molecule has 2 aliphatic rings. The Labute approximate surface area is 138 Å². The molecule has 1 aromatic rings. The fourth-order valence-electron chi connectivity index (χ4n) is 3.54. The molecule has 2 atom stereocenters. The first-order valence-corrected chi connectivity index (χ1v) is 8.65. The topological polar surface area (TPSA) is 65.5 Å². The molecule has 0 radical (unpaired) electrons. The Morgan fingerprint density at radius 1 is 1.57 bits per heavy atom. The number of piperidine rings is 1. The number of aliphatic hydroxyl groups is 1. The van der Waals surface area contributed by atoms with Gasteiger partial charge in [0.15, 0.2) is 0 Å². The zero-order valence-corrected chi connectivity index (χ0v) is 13.9. The van der Waals surface area contributed by atoms with Crippen LogP contribution >= 0.6 is 0 Å². The second-order valence-corrected chi connectivity index (χ2v) is 7.19. The van der Waals surface area contributed by atoms with Gasteiger partial charge in [0.2, 0.25) is 5.91 Å². The number of aliphatic hydroxyl groups excluding tert-OH is 1. The quantitative estimate of drug-likeness (QED) is 0.836. The van der Waals surface area contributed by atoms with Crippen molar-refractivity contribution in [3.05, 3.63) is 30.1 Å². The van der Waals surface area contributed by atoms with Crippen LogP contribution in [0.2, 0.25) is 0 Å². The summed E-state index contributed by atoms with van der Waals surface area (Å²) in [4.78, 5) is 19.1. The smallest absolute Gasteiger partial charge is 0.224 e. The van der Waals surface area contributed by atoms with Gasteiger partial charge in [0.05, 0.1) is 12.5 Å². The largest absolute Gasteiger partial charge is 0.396 e. The molecule has 2 fully saturated rings. The maximum atomic E-state index is 12.6. The van der Waals surface area contributed by atoms with E-state index in [2.05, 4.69) is 21.3 Å². The highest BCUT2D eigenvalue weighted by Gasteiger charge is 2.47.